The molecule has 0 radical (unpaired) electrons. The summed E-state index contributed by atoms with van der Waals surface area (Å²) in [6.07, 6.45) is 0. The monoisotopic (exact) mass is 849 g/mol. The predicted octanol–water partition coefficient (Wildman–Crippen LogP) is 11.0. The van der Waals surface area contributed by atoms with E-state index in [9.17, 15) is 24.7 Å². The van der Waals surface area contributed by atoms with E-state index in [2.05, 4.69) is 15.0 Å². The largest absolute Gasteiger partial charge is 0.277 e. The Bertz CT molecular complexity index is 5520. The lowest BCUT2D eigenvalue weighted by atomic mass is 10.0. The standard InChI is InChI=1S/C57H40N4Si/c1-6-21-41(22-7-1)44-27-18-33-48(39-44)62(46-29-12-4-13-30-46,47-31-14-5-15-32-47)49-34-19-28-45(40-49)56-58-55(43-25-10-3-11-26-43)59-57(60-56)61-53-38-17-16-35-51(53)52-37-20-36-50(54(52)61)42-23-8-2-9-24-42/h1-40H/i1D,2D,3D,4D,5D,6D,7D,8D,9D,10D,11D,12D,13D,14D,15D,16D,17D,18D,19D,20D,21D,22D,23D,24D,25D,26D,27D,28D,29D,30D,31D,32D,33D,34D,35D,36D,37D,38D,39D,40D. The number of rotatable bonds is 9. The van der Waals surface area contributed by atoms with Crippen molar-refractivity contribution in [3.05, 3.63) is 242 Å². The van der Waals surface area contributed by atoms with Gasteiger partial charge in [-0.3, -0.25) is 4.57 Å². The zero-order valence-corrected chi connectivity index (χ0v) is 31.8. The van der Waals surface area contributed by atoms with Gasteiger partial charge in [-0.1, -0.05) is 236 Å². The zero-order valence-electron chi connectivity index (χ0n) is 70.8. The number of fused-ring (bicyclic) bond motifs is 3. The highest BCUT2D eigenvalue weighted by atomic mass is 28.3. The fourth-order valence-corrected chi connectivity index (χ4v) is 10.3. The molecule has 0 spiro atoms. The molecular weight excluding hydrogens is 769 g/mol. The van der Waals surface area contributed by atoms with Gasteiger partial charge in [0.15, 0.2) is 19.7 Å². The Hall–Kier alpha value is -7.99. The van der Waals surface area contributed by atoms with Crippen LogP contribution in [0.4, 0.5) is 0 Å². The molecule has 62 heavy (non-hydrogen) atoms. The molecule has 9 aromatic carbocycles. The molecule has 0 saturated heterocycles. The number of hydrogen-bond acceptors (Lipinski definition) is 3. The highest BCUT2D eigenvalue weighted by Crippen LogP contribution is 2.38. The van der Waals surface area contributed by atoms with Crippen LogP contribution in [-0.2, 0) is 0 Å². The van der Waals surface area contributed by atoms with Crippen LogP contribution < -0.4 is 20.7 Å². The van der Waals surface area contributed by atoms with Gasteiger partial charge in [0.2, 0.25) is 5.95 Å². The number of nitrogens with zero attached hydrogens (tertiary/aromatic N) is 4. The summed E-state index contributed by atoms with van der Waals surface area (Å²) in [5.74, 6) is -3.79. The predicted molar refractivity (Wildman–Crippen MR) is 260 cm³/mol. The van der Waals surface area contributed by atoms with E-state index in [0.29, 0.717) is 4.57 Å². The Balaban J connectivity index is 1.49. The molecule has 0 bridgehead atoms. The van der Waals surface area contributed by atoms with Crippen LogP contribution >= 0.6 is 0 Å². The maximum Gasteiger partial charge on any atom is 0.238 e. The van der Waals surface area contributed by atoms with Crippen molar-refractivity contribution >= 4 is 50.6 Å². The van der Waals surface area contributed by atoms with Gasteiger partial charge in [-0.2, -0.15) is 9.97 Å². The maximum absolute atomic E-state index is 10.7. The summed E-state index contributed by atoms with van der Waals surface area (Å²) in [6.45, 7) is 0. The van der Waals surface area contributed by atoms with Gasteiger partial charge in [0.25, 0.3) is 0 Å². The van der Waals surface area contributed by atoms with Crippen molar-refractivity contribution in [3.63, 3.8) is 0 Å². The molecule has 2 aromatic heterocycles. The molecule has 0 atom stereocenters. The van der Waals surface area contributed by atoms with Crippen molar-refractivity contribution in [2.24, 2.45) is 0 Å². The minimum absolute atomic E-state index is 0.544. The second-order valence-electron chi connectivity index (χ2n) is 12.6. The molecule has 11 aromatic rings. The topological polar surface area (TPSA) is 43.6 Å². The molecule has 0 aliphatic carbocycles. The van der Waals surface area contributed by atoms with E-state index in [1.165, 1.54) is 0 Å². The second kappa shape index (κ2) is 15.9. The molecule has 5 heteroatoms. The zero-order chi connectivity index (χ0) is 76.1. The van der Waals surface area contributed by atoms with Crippen molar-refractivity contribution < 1.29 is 54.8 Å². The fraction of sp³-hybridized carbons (Fsp3) is 0. The molecule has 292 valence electrons. The van der Waals surface area contributed by atoms with E-state index in [-0.39, 0.29) is 0 Å². The van der Waals surface area contributed by atoms with Gasteiger partial charge in [0.05, 0.1) is 65.9 Å². The molecule has 0 saturated carbocycles. The van der Waals surface area contributed by atoms with Crippen LogP contribution in [0.3, 0.4) is 0 Å². The quantitative estimate of drug-likeness (QED) is 0.107. The van der Waals surface area contributed by atoms with Gasteiger partial charge >= 0.3 is 0 Å². The molecule has 2 heterocycles. The van der Waals surface area contributed by atoms with E-state index in [4.69, 9.17) is 30.2 Å². The normalized spacial score (nSPS) is 20.6. The Labute approximate surface area is 418 Å². The van der Waals surface area contributed by atoms with Crippen LogP contribution in [0.15, 0.2) is 242 Å². The van der Waals surface area contributed by atoms with Crippen LogP contribution in [0.25, 0.3) is 72.8 Å². The first kappa shape index (κ1) is 14.0. The van der Waals surface area contributed by atoms with E-state index in [1.807, 2.05) is 0 Å². The molecule has 0 aliphatic rings. The smallest absolute Gasteiger partial charge is 0.238 e. The molecule has 0 N–H and O–H groups in total. The van der Waals surface area contributed by atoms with Crippen molar-refractivity contribution in [1.29, 1.82) is 0 Å². The minimum Gasteiger partial charge on any atom is -0.277 e. The molecule has 0 fully saturated rings. The molecule has 0 unspecified atom stereocenters. The summed E-state index contributed by atoms with van der Waals surface area (Å²) in [4.78, 5) is 13.4. The summed E-state index contributed by atoms with van der Waals surface area (Å²) < 4.78 is 370. The van der Waals surface area contributed by atoms with Crippen LogP contribution in [0, 0.1) is 0 Å². The first-order valence-electron chi connectivity index (χ1n) is 37.8. The van der Waals surface area contributed by atoms with E-state index >= 15 is 0 Å². The lowest BCUT2D eigenvalue weighted by Gasteiger charge is -2.35. The first-order valence-corrected chi connectivity index (χ1v) is 19.8. The molecule has 0 amide bonds. The maximum atomic E-state index is 10.7. The van der Waals surface area contributed by atoms with Gasteiger partial charge < -0.3 is 0 Å². The summed E-state index contributed by atoms with van der Waals surface area (Å²) in [5.41, 5.74) is -8.37. The molecular formula is C57H40N4Si. The van der Waals surface area contributed by atoms with Crippen molar-refractivity contribution in [2.45, 2.75) is 0 Å². The summed E-state index contributed by atoms with van der Waals surface area (Å²) in [6, 6.07) is -50.2. The third-order valence-electron chi connectivity index (χ3n) is 9.23. The minimum atomic E-state index is -6.94. The third kappa shape index (κ3) is 6.43. The van der Waals surface area contributed by atoms with E-state index in [1.54, 1.807) is 0 Å². The second-order valence-corrected chi connectivity index (χ2v) is 16.1. The van der Waals surface area contributed by atoms with Gasteiger partial charge in [0, 0.05) is 27.5 Å². The summed E-state index contributed by atoms with van der Waals surface area (Å²) >= 11 is 0. The number of benzene rings is 9. The van der Waals surface area contributed by atoms with Gasteiger partial charge in [-0.05, 0) is 43.5 Å². The van der Waals surface area contributed by atoms with E-state index < -0.39 is 343 Å². The van der Waals surface area contributed by atoms with Crippen LogP contribution in [0.5, 0.6) is 0 Å². The van der Waals surface area contributed by atoms with Crippen molar-refractivity contribution in [3.8, 4) is 51.0 Å². The average molecular weight is 849 g/mol. The van der Waals surface area contributed by atoms with Crippen molar-refractivity contribution in [2.75, 3.05) is 0 Å². The molecule has 11 rings (SSSR count). The highest BCUT2D eigenvalue weighted by Gasteiger charge is 2.42. The Morgan fingerprint density at radius 2 is 0.774 bits per heavy atom. The summed E-state index contributed by atoms with van der Waals surface area (Å²) in [5, 5.41) is -7.19. The first-order chi connectivity index (χ1) is 47.4. The third-order valence-corrected chi connectivity index (χ3v) is 13.2. The average Bonchev–Trinajstić information content (AvgIpc) is 1.08. The van der Waals surface area contributed by atoms with Gasteiger partial charge in [-0.15, -0.1) is 0 Å². The number of hydrogen-bond donors (Lipinski definition) is 0. The number of para-hydroxylation sites is 2. The lowest BCUT2D eigenvalue weighted by Crippen LogP contribution is -2.74. The van der Waals surface area contributed by atoms with Crippen LogP contribution in [-0.4, -0.2) is 27.6 Å². The van der Waals surface area contributed by atoms with Crippen molar-refractivity contribution in [1.82, 2.24) is 19.5 Å². The molecule has 0 aliphatic heterocycles. The lowest BCUT2D eigenvalue weighted by molar-refractivity contribution is 0.954. The Morgan fingerprint density at radius 1 is 0.339 bits per heavy atom. The summed E-state index contributed by atoms with van der Waals surface area (Å²) in [7, 11) is -6.94. The Morgan fingerprint density at radius 3 is 1.40 bits per heavy atom. The van der Waals surface area contributed by atoms with Gasteiger partial charge in [0.1, 0.15) is 0 Å². The highest BCUT2D eigenvalue weighted by molar-refractivity contribution is 7.20. The van der Waals surface area contributed by atoms with E-state index in [0.717, 1.165) is 0 Å². The fourth-order valence-electron chi connectivity index (χ4n) is 6.68. The van der Waals surface area contributed by atoms with Crippen LogP contribution in [0.1, 0.15) is 54.8 Å². The van der Waals surface area contributed by atoms with Gasteiger partial charge in [-0.25, -0.2) is 4.98 Å². The SMILES string of the molecule is [2H]c1c([2H])c([2H])c(-c2nc(-c3c([2H])c([2H])c([2H])c([Si](c4c([2H])c([2H])c([2H])c([2H])c4[2H])(c4c([2H])c([2H])c([2H])c([2H])c4[2H])c4c([2H])c([2H])c([2H])c(-c5c([2H])c([2H])c([2H])c([2H])c5[2H])c4[2H])c3[2H])nc(-n3c4c([2H])c([2H])c([2H])c([2H])c4c4c([2H])c([2H])c([2H])c(-c5c([2H])c([2H])c([2H])c([2H])c5[2H])c43)n2)c([2H])c1[2H]. The number of aromatic nitrogens is 4. The Kier molecular flexibility index (Phi) is 3.59. The van der Waals surface area contributed by atoms with Crippen LogP contribution in [0.2, 0.25) is 0 Å². The molecule has 4 nitrogen and oxygen atoms in total.